The van der Waals surface area contributed by atoms with Crippen LogP contribution < -0.4 is 5.73 Å². The first kappa shape index (κ1) is 11.5. The number of rotatable bonds is 4. The molecule has 0 aromatic heterocycles. The van der Waals surface area contributed by atoms with Crippen molar-refractivity contribution < 1.29 is 9.53 Å². The van der Waals surface area contributed by atoms with Gasteiger partial charge in [0, 0.05) is 4.47 Å². The first-order valence-corrected chi connectivity index (χ1v) is 6.19. The maximum atomic E-state index is 11.7. The van der Waals surface area contributed by atoms with E-state index < -0.39 is 0 Å². The van der Waals surface area contributed by atoms with Crippen LogP contribution >= 0.6 is 15.9 Å². The van der Waals surface area contributed by atoms with Crippen molar-refractivity contribution in [2.24, 2.45) is 5.92 Å². The van der Waals surface area contributed by atoms with Crippen molar-refractivity contribution in [1.82, 2.24) is 0 Å². The normalized spacial score (nSPS) is 14.8. The Hall–Kier alpha value is -1.03. The first-order valence-electron chi connectivity index (χ1n) is 5.39. The first-order chi connectivity index (χ1) is 7.68. The largest absolute Gasteiger partial charge is 0.462 e. The van der Waals surface area contributed by atoms with Crippen LogP contribution in [-0.2, 0) is 4.74 Å². The van der Waals surface area contributed by atoms with Gasteiger partial charge < -0.3 is 10.5 Å². The molecule has 0 bridgehead atoms. The zero-order valence-electron chi connectivity index (χ0n) is 8.91. The van der Waals surface area contributed by atoms with Crippen LogP contribution in [0.1, 0.15) is 29.6 Å². The summed E-state index contributed by atoms with van der Waals surface area (Å²) in [5, 5.41) is 0. The van der Waals surface area contributed by atoms with Gasteiger partial charge in [-0.2, -0.15) is 0 Å². The van der Waals surface area contributed by atoms with Crippen molar-refractivity contribution in [3.63, 3.8) is 0 Å². The molecule has 0 aliphatic heterocycles. The summed E-state index contributed by atoms with van der Waals surface area (Å²) >= 11 is 3.28. The fourth-order valence-corrected chi connectivity index (χ4v) is 1.88. The molecule has 1 saturated carbocycles. The number of carbonyl (C=O) groups excluding carboxylic acids is 1. The van der Waals surface area contributed by atoms with Gasteiger partial charge in [-0.05, 0) is 40.4 Å². The summed E-state index contributed by atoms with van der Waals surface area (Å²) in [5.41, 5.74) is 6.66. The number of ether oxygens (including phenoxy) is 1. The Bertz CT molecular complexity index is 402. The van der Waals surface area contributed by atoms with E-state index in [1.165, 1.54) is 12.8 Å². The van der Waals surface area contributed by atoms with Crippen molar-refractivity contribution in [2.75, 3.05) is 12.3 Å². The fourth-order valence-electron chi connectivity index (χ4n) is 1.52. The van der Waals surface area contributed by atoms with E-state index in [0.29, 0.717) is 17.9 Å². The summed E-state index contributed by atoms with van der Waals surface area (Å²) in [5.74, 6) is 0.437. The summed E-state index contributed by atoms with van der Waals surface area (Å²) in [4.78, 5) is 11.7. The van der Waals surface area contributed by atoms with Crippen LogP contribution in [-0.4, -0.2) is 12.6 Å². The quantitative estimate of drug-likeness (QED) is 0.683. The number of anilines is 1. The molecule has 0 radical (unpaired) electrons. The second-order valence-electron chi connectivity index (χ2n) is 4.07. The summed E-state index contributed by atoms with van der Waals surface area (Å²) in [7, 11) is 0. The standard InChI is InChI=1S/C12H14BrNO2/c13-10-3-1-2-9(11(10)14)12(15)16-7-6-8-4-5-8/h1-3,8H,4-7,14H2. The van der Waals surface area contributed by atoms with Crippen LogP contribution in [0, 0.1) is 5.92 Å². The van der Waals surface area contributed by atoms with E-state index in [-0.39, 0.29) is 5.97 Å². The van der Waals surface area contributed by atoms with Crippen molar-refractivity contribution in [3.8, 4) is 0 Å². The molecule has 4 heteroatoms. The van der Waals surface area contributed by atoms with Crippen LogP contribution in [0.2, 0.25) is 0 Å². The third-order valence-electron chi connectivity index (χ3n) is 2.73. The third-order valence-corrected chi connectivity index (χ3v) is 3.42. The number of para-hydroxylation sites is 1. The molecule has 16 heavy (non-hydrogen) atoms. The molecule has 0 heterocycles. The minimum atomic E-state index is -0.334. The number of hydrogen-bond acceptors (Lipinski definition) is 3. The number of carbonyl (C=O) groups is 1. The van der Waals surface area contributed by atoms with Gasteiger partial charge in [0.05, 0.1) is 17.9 Å². The van der Waals surface area contributed by atoms with Crippen LogP contribution in [0.5, 0.6) is 0 Å². The average Bonchev–Trinajstić information content (AvgIpc) is 3.06. The highest BCUT2D eigenvalue weighted by Gasteiger charge is 2.21. The van der Waals surface area contributed by atoms with Crippen LogP contribution in [0.4, 0.5) is 5.69 Å². The molecule has 0 atom stereocenters. The lowest BCUT2D eigenvalue weighted by Gasteiger charge is -2.07. The van der Waals surface area contributed by atoms with Crippen molar-refractivity contribution in [1.29, 1.82) is 0 Å². The number of nitrogen functional groups attached to an aromatic ring is 1. The molecule has 0 spiro atoms. The zero-order chi connectivity index (χ0) is 11.5. The maximum Gasteiger partial charge on any atom is 0.340 e. The molecule has 1 fully saturated rings. The number of halogens is 1. The average molecular weight is 284 g/mol. The van der Waals surface area contributed by atoms with Gasteiger partial charge >= 0.3 is 5.97 Å². The smallest absolute Gasteiger partial charge is 0.340 e. The molecule has 1 aliphatic carbocycles. The molecule has 2 N–H and O–H groups in total. The van der Waals surface area contributed by atoms with Gasteiger partial charge in [-0.1, -0.05) is 18.9 Å². The molecule has 1 aliphatic rings. The Labute approximate surface area is 103 Å². The van der Waals surface area contributed by atoms with Crippen molar-refractivity contribution in [3.05, 3.63) is 28.2 Å². The van der Waals surface area contributed by atoms with E-state index in [9.17, 15) is 4.79 Å². The van der Waals surface area contributed by atoms with Crippen LogP contribution in [0.15, 0.2) is 22.7 Å². The molecule has 2 rings (SSSR count). The van der Waals surface area contributed by atoms with Gasteiger partial charge in [-0.3, -0.25) is 0 Å². The zero-order valence-corrected chi connectivity index (χ0v) is 10.5. The monoisotopic (exact) mass is 283 g/mol. The Kier molecular flexibility index (Phi) is 3.49. The molecule has 1 aromatic carbocycles. The Morgan fingerprint density at radius 3 is 2.94 bits per heavy atom. The summed E-state index contributed by atoms with van der Waals surface area (Å²) < 4.78 is 5.90. The Morgan fingerprint density at radius 1 is 1.50 bits per heavy atom. The van der Waals surface area contributed by atoms with E-state index in [0.717, 1.165) is 16.8 Å². The molecule has 1 aromatic rings. The lowest BCUT2D eigenvalue weighted by Crippen LogP contribution is -2.09. The van der Waals surface area contributed by atoms with Gasteiger partial charge in [-0.15, -0.1) is 0 Å². The molecular weight excluding hydrogens is 270 g/mol. The minimum absolute atomic E-state index is 0.334. The number of benzene rings is 1. The van der Waals surface area contributed by atoms with E-state index in [1.807, 2.05) is 0 Å². The molecule has 3 nitrogen and oxygen atoms in total. The van der Waals surface area contributed by atoms with E-state index in [1.54, 1.807) is 18.2 Å². The van der Waals surface area contributed by atoms with Crippen molar-refractivity contribution in [2.45, 2.75) is 19.3 Å². The highest BCUT2D eigenvalue weighted by Crippen LogP contribution is 2.32. The Balaban J connectivity index is 1.93. The lowest BCUT2D eigenvalue weighted by atomic mass is 10.2. The van der Waals surface area contributed by atoms with Crippen molar-refractivity contribution >= 4 is 27.6 Å². The minimum Gasteiger partial charge on any atom is -0.462 e. The maximum absolute atomic E-state index is 11.7. The van der Waals surface area contributed by atoms with Crippen LogP contribution in [0.3, 0.4) is 0 Å². The number of hydrogen-bond donors (Lipinski definition) is 1. The number of nitrogens with two attached hydrogens (primary N) is 1. The fraction of sp³-hybridized carbons (Fsp3) is 0.417. The van der Waals surface area contributed by atoms with E-state index in [2.05, 4.69) is 15.9 Å². The highest BCUT2D eigenvalue weighted by molar-refractivity contribution is 9.10. The molecular formula is C12H14BrNO2. The summed E-state index contributed by atoms with van der Waals surface area (Å²) in [6.45, 7) is 0.495. The van der Waals surface area contributed by atoms with Gasteiger partial charge in [0.2, 0.25) is 0 Å². The Morgan fingerprint density at radius 2 is 2.25 bits per heavy atom. The predicted octanol–water partition coefficient (Wildman–Crippen LogP) is 2.99. The topological polar surface area (TPSA) is 52.3 Å². The predicted molar refractivity (Wildman–Crippen MR) is 66.2 cm³/mol. The highest BCUT2D eigenvalue weighted by atomic mass is 79.9. The van der Waals surface area contributed by atoms with Gasteiger partial charge in [0.25, 0.3) is 0 Å². The molecule has 0 amide bonds. The van der Waals surface area contributed by atoms with E-state index in [4.69, 9.17) is 10.5 Å². The number of esters is 1. The van der Waals surface area contributed by atoms with Gasteiger partial charge in [0.15, 0.2) is 0 Å². The van der Waals surface area contributed by atoms with E-state index >= 15 is 0 Å². The SMILES string of the molecule is Nc1c(Br)cccc1C(=O)OCCC1CC1. The second-order valence-corrected chi connectivity index (χ2v) is 4.92. The molecule has 0 saturated heterocycles. The van der Waals surface area contributed by atoms with Crippen LogP contribution in [0.25, 0.3) is 0 Å². The molecule has 0 unspecified atom stereocenters. The van der Waals surface area contributed by atoms with Gasteiger partial charge in [-0.25, -0.2) is 4.79 Å². The molecule has 86 valence electrons. The van der Waals surface area contributed by atoms with Gasteiger partial charge in [0.1, 0.15) is 0 Å². The summed E-state index contributed by atoms with van der Waals surface area (Å²) in [6.07, 6.45) is 3.52. The lowest BCUT2D eigenvalue weighted by molar-refractivity contribution is 0.0496. The third kappa shape index (κ3) is 2.76. The second kappa shape index (κ2) is 4.87. The summed E-state index contributed by atoms with van der Waals surface area (Å²) in [6, 6.07) is 5.26.